The third-order valence-electron chi connectivity index (χ3n) is 2.05. The van der Waals surface area contributed by atoms with Crippen LogP contribution >= 0.6 is 15.9 Å². The normalized spacial score (nSPS) is 11.3. The molecule has 0 bridgehead atoms. The van der Waals surface area contributed by atoms with Crippen LogP contribution in [-0.2, 0) is 0 Å². The van der Waals surface area contributed by atoms with Crippen LogP contribution in [0.5, 0.6) is 11.5 Å². The largest absolute Gasteiger partial charge is 0.497 e. The molecule has 0 unspecified atom stereocenters. The Balaban J connectivity index is 3.12. The van der Waals surface area contributed by atoms with Crippen LogP contribution in [0, 0.1) is 0 Å². The molecule has 0 aliphatic rings. The minimum absolute atomic E-state index is 0.837. The number of halogens is 1. The number of methoxy groups -OCH3 is 2. The summed E-state index contributed by atoms with van der Waals surface area (Å²) in [6.07, 6.45) is 2.08. The summed E-state index contributed by atoms with van der Waals surface area (Å²) in [6.45, 7) is 2.06. The summed E-state index contributed by atoms with van der Waals surface area (Å²) in [4.78, 5) is 0. The number of alkyl halides is 1. The summed E-state index contributed by atoms with van der Waals surface area (Å²) in [6, 6.07) is 5.76. The van der Waals surface area contributed by atoms with Gasteiger partial charge in [0.15, 0.2) is 0 Å². The number of ether oxygens (including phenoxy) is 2. The lowest BCUT2D eigenvalue weighted by molar-refractivity contribution is 0.402. The molecule has 2 nitrogen and oxygen atoms in total. The highest BCUT2D eigenvalue weighted by molar-refractivity contribution is 9.09. The van der Waals surface area contributed by atoms with Crippen LogP contribution in [0.2, 0.25) is 0 Å². The Hall–Kier alpha value is -0.960. The smallest absolute Gasteiger partial charge is 0.126 e. The molecule has 0 radical (unpaired) electrons. The van der Waals surface area contributed by atoms with Gasteiger partial charge in [0, 0.05) is 10.9 Å². The van der Waals surface area contributed by atoms with Crippen molar-refractivity contribution in [2.45, 2.75) is 6.92 Å². The van der Waals surface area contributed by atoms with Crippen molar-refractivity contribution in [3.63, 3.8) is 0 Å². The number of hydrogen-bond donors (Lipinski definition) is 0. The van der Waals surface area contributed by atoms with E-state index in [9.17, 15) is 0 Å². The summed E-state index contributed by atoms with van der Waals surface area (Å²) in [5.41, 5.74) is 2.27. The minimum Gasteiger partial charge on any atom is -0.497 e. The molecule has 0 fully saturated rings. The van der Waals surface area contributed by atoms with E-state index < -0.39 is 0 Å². The molecule has 0 saturated carbocycles. The average Bonchev–Trinajstić information content (AvgIpc) is 2.28. The van der Waals surface area contributed by atoms with Crippen molar-refractivity contribution in [1.82, 2.24) is 0 Å². The van der Waals surface area contributed by atoms with Crippen molar-refractivity contribution in [1.29, 1.82) is 0 Å². The van der Waals surface area contributed by atoms with Gasteiger partial charge in [0.2, 0.25) is 0 Å². The molecule has 1 rings (SSSR count). The summed E-state index contributed by atoms with van der Waals surface area (Å²) in [7, 11) is 3.33. The van der Waals surface area contributed by atoms with Gasteiger partial charge < -0.3 is 9.47 Å². The van der Waals surface area contributed by atoms with Crippen LogP contribution in [0.3, 0.4) is 0 Å². The molecule has 0 atom stereocenters. The van der Waals surface area contributed by atoms with Gasteiger partial charge in [0.1, 0.15) is 11.5 Å². The van der Waals surface area contributed by atoms with Crippen LogP contribution in [0.4, 0.5) is 0 Å². The first-order valence-electron chi connectivity index (χ1n) is 4.66. The summed E-state index contributed by atoms with van der Waals surface area (Å²) in [5, 5.41) is 0.855. The van der Waals surface area contributed by atoms with Gasteiger partial charge in [0.05, 0.1) is 14.2 Å². The van der Waals surface area contributed by atoms with Crippen LogP contribution in [0.1, 0.15) is 12.5 Å². The first-order chi connectivity index (χ1) is 7.21. The molecule has 0 aliphatic carbocycles. The maximum atomic E-state index is 5.27. The maximum absolute atomic E-state index is 5.27. The van der Waals surface area contributed by atoms with Crippen LogP contribution in [0.15, 0.2) is 23.8 Å². The first kappa shape index (κ1) is 12.1. The highest BCUT2D eigenvalue weighted by Gasteiger charge is 2.02. The fourth-order valence-corrected chi connectivity index (χ4v) is 1.42. The molecule has 0 heterocycles. The van der Waals surface area contributed by atoms with E-state index >= 15 is 0 Å². The third-order valence-corrected chi connectivity index (χ3v) is 2.93. The van der Waals surface area contributed by atoms with Crippen molar-refractivity contribution in [2.24, 2.45) is 0 Å². The fourth-order valence-electron chi connectivity index (χ4n) is 1.26. The first-order valence-corrected chi connectivity index (χ1v) is 5.78. The van der Waals surface area contributed by atoms with E-state index in [1.165, 1.54) is 5.57 Å². The Labute approximate surface area is 99.0 Å². The molecule has 15 heavy (non-hydrogen) atoms. The molecule has 3 heteroatoms. The van der Waals surface area contributed by atoms with Gasteiger partial charge in [-0.25, -0.2) is 0 Å². The minimum atomic E-state index is 0.837. The lowest BCUT2D eigenvalue weighted by Crippen LogP contribution is -1.90. The molecular weight excluding hydrogens is 256 g/mol. The monoisotopic (exact) mass is 270 g/mol. The summed E-state index contributed by atoms with van der Waals surface area (Å²) >= 11 is 3.41. The Bertz CT molecular complexity index is 359. The molecule has 1 aromatic rings. The van der Waals surface area contributed by atoms with Gasteiger partial charge in [-0.2, -0.15) is 0 Å². The standard InChI is InChI=1S/C12H15BrO2/c1-9(8-13)6-10-7-11(14-2)4-5-12(10)15-3/h4-7H,8H2,1-3H3. The van der Waals surface area contributed by atoms with Crippen molar-refractivity contribution in [2.75, 3.05) is 19.5 Å². The molecule has 1 aromatic carbocycles. The zero-order chi connectivity index (χ0) is 11.3. The molecule has 0 spiro atoms. The van der Waals surface area contributed by atoms with Crippen LogP contribution < -0.4 is 9.47 Å². The lowest BCUT2D eigenvalue weighted by Gasteiger charge is -2.07. The van der Waals surface area contributed by atoms with Crippen LogP contribution in [-0.4, -0.2) is 19.5 Å². The second kappa shape index (κ2) is 5.81. The lowest BCUT2D eigenvalue weighted by atomic mass is 10.1. The van der Waals surface area contributed by atoms with Gasteiger partial charge in [-0.05, 0) is 25.1 Å². The Morgan fingerprint density at radius 3 is 2.60 bits per heavy atom. The predicted octanol–water partition coefficient (Wildman–Crippen LogP) is 3.50. The Kier molecular flexibility index (Phi) is 4.69. The van der Waals surface area contributed by atoms with E-state index in [-0.39, 0.29) is 0 Å². The van der Waals surface area contributed by atoms with Gasteiger partial charge in [0.25, 0.3) is 0 Å². The quantitative estimate of drug-likeness (QED) is 0.780. The van der Waals surface area contributed by atoms with E-state index in [1.54, 1.807) is 14.2 Å². The second-order valence-electron chi connectivity index (χ2n) is 3.23. The molecule has 0 amide bonds. The van der Waals surface area contributed by atoms with Crippen molar-refractivity contribution < 1.29 is 9.47 Å². The van der Waals surface area contributed by atoms with Gasteiger partial charge in [-0.1, -0.05) is 27.6 Å². The van der Waals surface area contributed by atoms with E-state index in [1.807, 2.05) is 18.2 Å². The molecule has 0 saturated heterocycles. The Morgan fingerprint density at radius 1 is 1.33 bits per heavy atom. The number of rotatable bonds is 4. The average molecular weight is 271 g/mol. The fraction of sp³-hybridized carbons (Fsp3) is 0.333. The molecule has 0 aliphatic heterocycles. The zero-order valence-corrected chi connectivity index (χ0v) is 10.8. The van der Waals surface area contributed by atoms with E-state index in [0.717, 1.165) is 22.4 Å². The van der Waals surface area contributed by atoms with Crippen molar-refractivity contribution in [3.8, 4) is 11.5 Å². The number of benzene rings is 1. The van der Waals surface area contributed by atoms with Crippen molar-refractivity contribution >= 4 is 22.0 Å². The predicted molar refractivity (Wildman–Crippen MR) is 67.0 cm³/mol. The summed E-state index contributed by atoms with van der Waals surface area (Å²) < 4.78 is 10.4. The van der Waals surface area contributed by atoms with Crippen molar-refractivity contribution in [3.05, 3.63) is 29.3 Å². The molecule has 0 N–H and O–H groups in total. The second-order valence-corrected chi connectivity index (χ2v) is 3.79. The van der Waals surface area contributed by atoms with Gasteiger partial charge >= 0.3 is 0 Å². The zero-order valence-electron chi connectivity index (χ0n) is 9.21. The van der Waals surface area contributed by atoms with Crippen LogP contribution in [0.25, 0.3) is 6.08 Å². The Morgan fingerprint density at radius 2 is 2.07 bits per heavy atom. The van der Waals surface area contributed by atoms with E-state index in [0.29, 0.717) is 0 Å². The van der Waals surface area contributed by atoms with E-state index in [4.69, 9.17) is 9.47 Å². The summed E-state index contributed by atoms with van der Waals surface area (Å²) in [5.74, 6) is 1.69. The SMILES string of the molecule is COc1ccc(OC)c(C=C(C)CBr)c1. The highest BCUT2D eigenvalue weighted by Crippen LogP contribution is 2.26. The topological polar surface area (TPSA) is 18.5 Å². The number of allylic oxidation sites excluding steroid dienone is 1. The molecule has 82 valence electrons. The van der Waals surface area contributed by atoms with Gasteiger partial charge in [-0.3, -0.25) is 0 Å². The molecular formula is C12H15BrO2. The highest BCUT2D eigenvalue weighted by atomic mass is 79.9. The maximum Gasteiger partial charge on any atom is 0.126 e. The van der Waals surface area contributed by atoms with E-state index in [2.05, 4.69) is 28.9 Å². The van der Waals surface area contributed by atoms with Gasteiger partial charge in [-0.15, -0.1) is 0 Å². The third kappa shape index (κ3) is 3.27. The number of hydrogen-bond acceptors (Lipinski definition) is 2. The molecule has 0 aromatic heterocycles.